The molecule has 4 nitrogen and oxygen atoms in total. The van der Waals surface area contributed by atoms with Crippen molar-refractivity contribution >= 4 is 46.3 Å². The quantitative estimate of drug-likeness (QED) is 0.618. The lowest BCUT2D eigenvalue weighted by Crippen LogP contribution is -2.12. The van der Waals surface area contributed by atoms with Gasteiger partial charge in [0.2, 0.25) is 0 Å². The third kappa shape index (κ3) is 4.29. The molecule has 1 aromatic heterocycles. The van der Waals surface area contributed by atoms with E-state index >= 15 is 0 Å². The van der Waals surface area contributed by atoms with E-state index in [4.69, 9.17) is 23.2 Å². The van der Waals surface area contributed by atoms with Crippen LogP contribution in [-0.2, 0) is 0 Å². The summed E-state index contributed by atoms with van der Waals surface area (Å²) in [4.78, 5) is 16.6. The molecule has 3 aromatic rings. The molecule has 0 unspecified atom stereocenters. The van der Waals surface area contributed by atoms with Gasteiger partial charge in [-0.2, -0.15) is 0 Å². The predicted octanol–water partition coefficient (Wildman–Crippen LogP) is 5.69. The molecule has 6 heteroatoms. The molecule has 0 spiro atoms. The number of halogens is 2. The van der Waals surface area contributed by atoms with Crippen molar-refractivity contribution in [3.8, 4) is 0 Å². The molecule has 2 N–H and O–H groups in total. The maximum absolute atomic E-state index is 12.2. The van der Waals surface area contributed by atoms with Crippen molar-refractivity contribution in [3.05, 3.63) is 82.0 Å². The molecule has 1 amide bonds. The average Bonchev–Trinajstić information content (AvgIpc) is 2.61. The number of rotatable bonds is 4. The Labute approximate surface area is 155 Å². The SMILES string of the molecule is Cc1ccccc1Nc1ccc(NC(=O)c2ccc(Cl)c(Cl)c2)cn1. The fraction of sp³-hybridized carbons (Fsp3) is 0.0526. The van der Waals surface area contributed by atoms with E-state index in [1.54, 1.807) is 30.5 Å². The van der Waals surface area contributed by atoms with E-state index < -0.39 is 0 Å². The zero-order valence-corrected chi connectivity index (χ0v) is 14.9. The number of aromatic nitrogens is 1. The van der Waals surface area contributed by atoms with E-state index in [0.717, 1.165) is 11.3 Å². The number of pyridine rings is 1. The average molecular weight is 372 g/mol. The summed E-state index contributed by atoms with van der Waals surface area (Å²) in [6, 6.07) is 16.3. The summed E-state index contributed by atoms with van der Waals surface area (Å²) in [7, 11) is 0. The van der Waals surface area contributed by atoms with Gasteiger partial charge in [-0.3, -0.25) is 4.79 Å². The topological polar surface area (TPSA) is 54.0 Å². The van der Waals surface area contributed by atoms with Crippen molar-refractivity contribution in [2.24, 2.45) is 0 Å². The normalized spacial score (nSPS) is 10.4. The second-order valence-corrected chi connectivity index (χ2v) is 6.27. The zero-order valence-electron chi connectivity index (χ0n) is 13.4. The summed E-state index contributed by atoms with van der Waals surface area (Å²) >= 11 is 11.8. The molecule has 0 fully saturated rings. The first kappa shape index (κ1) is 17.3. The second-order valence-electron chi connectivity index (χ2n) is 5.46. The van der Waals surface area contributed by atoms with E-state index in [-0.39, 0.29) is 5.91 Å². The fourth-order valence-electron chi connectivity index (χ4n) is 2.23. The fourth-order valence-corrected chi connectivity index (χ4v) is 2.53. The second kappa shape index (κ2) is 7.55. The minimum absolute atomic E-state index is 0.278. The summed E-state index contributed by atoms with van der Waals surface area (Å²) in [5, 5.41) is 6.77. The minimum atomic E-state index is -0.278. The van der Waals surface area contributed by atoms with Gasteiger partial charge in [-0.25, -0.2) is 4.98 Å². The molecule has 0 atom stereocenters. The van der Waals surface area contributed by atoms with Crippen molar-refractivity contribution in [1.82, 2.24) is 4.98 Å². The van der Waals surface area contributed by atoms with E-state index in [1.165, 1.54) is 6.07 Å². The molecule has 2 aromatic carbocycles. The van der Waals surface area contributed by atoms with Gasteiger partial charge in [0.05, 0.1) is 21.9 Å². The lowest BCUT2D eigenvalue weighted by molar-refractivity contribution is 0.102. The van der Waals surface area contributed by atoms with Crippen LogP contribution in [0.3, 0.4) is 0 Å². The molecule has 0 saturated carbocycles. The van der Waals surface area contributed by atoms with Crippen LogP contribution in [0, 0.1) is 6.92 Å². The minimum Gasteiger partial charge on any atom is -0.340 e. The molecular formula is C19H15Cl2N3O. The van der Waals surface area contributed by atoms with Crippen molar-refractivity contribution in [1.29, 1.82) is 0 Å². The van der Waals surface area contributed by atoms with E-state index in [1.807, 2.05) is 31.2 Å². The Morgan fingerprint density at radius 1 is 1.00 bits per heavy atom. The first-order chi connectivity index (χ1) is 12.0. The molecular weight excluding hydrogens is 357 g/mol. The molecule has 0 aliphatic carbocycles. The molecule has 1 heterocycles. The Kier molecular flexibility index (Phi) is 5.22. The van der Waals surface area contributed by atoms with Gasteiger partial charge < -0.3 is 10.6 Å². The smallest absolute Gasteiger partial charge is 0.255 e. The highest BCUT2D eigenvalue weighted by atomic mass is 35.5. The molecule has 0 radical (unpaired) electrons. The van der Waals surface area contributed by atoms with Crippen LogP contribution in [0.25, 0.3) is 0 Å². The number of carbonyl (C=O) groups is 1. The molecule has 0 aliphatic rings. The van der Waals surface area contributed by atoms with Gasteiger partial charge in [-0.1, -0.05) is 41.4 Å². The molecule has 0 saturated heterocycles. The molecule has 25 heavy (non-hydrogen) atoms. The third-order valence-electron chi connectivity index (χ3n) is 3.61. The number of benzene rings is 2. The van der Waals surface area contributed by atoms with E-state index in [2.05, 4.69) is 15.6 Å². The van der Waals surface area contributed by atoms with Gasteiger partial charge >= 0.3 is 0 Å². The number of hydrogen-bond donors (Lipinski definition) is 2. The number of aryl methyl sites for hydroxylation is 1. The summed E-state index contributed by atoms with van der Waals surface area (Å²) in [6.07, 6.45) is 1.59. The van der Waals surface area contributed by atoms with Crippen LogP contribution in [0.4, 0.5) is 17.2 Å². The van der Waals surface area contributed by atoms with Crippen molar-refractivity contribution in [3.63, 3.8) is 0 Å². The largest absolute Gasteiger partial charge is 0.340 e. The Bertz CT molecular complexity index is 911. The van der Waals surface area contributed by atoms with Gasteiger partial charge in [0.1, 0.15) is 5.82 Å². The number of hydrogen-bond acceptors (Lipinski definition) is 3. The highest BCUT2D eigenvalue weighted by Crippen LogP contribution is 2.23. The van der Waals surface area contributed by atoms with Gasteiger partial charge in [-0.05, 0) is 48.9 Å². The lowest BCUT2D eigenvalue weighted by atomic mass is 10.2. The number of para-hydroxylation sites is 1. The third-order valence-corrected chi connectivity index (χ3v) is 4.35. The van der Waals surface area contributed by atoms with Crippen LogP contribution >= 0.6 is 23.2 Å². The predicted molar refractivity (Wildman–Crippen MR) is 103 cm³/mol. The number of nitrogens with one attached hydrogen (secondary N) is 2. The standard InChI is InChI=1S/C19H15Cl2N3O/c1-12-4-2-3-5-17(12)24-18-9-7-14(11-22-18)23-19(25)13-6-8-15(20)16(21)10-13/h2-11H,1H3,(H,22,24)(H,23,25). The van der Waals surface area contributed by atoms with E-state index in [9.17, 15) is 4.79 Å². The highest BCUT2D eigenvalue weighted by Gasteiger charge is 2.09. The summed E-state index contributed by atoms with van der Waals surface area (Å²) in [5.74, 6) is 0.418. The van der Waals surface area contributed by atoms with Crippen LogP contribution in [0.2, 0.25) is 10.0 Å². The first-order valence-electron chi connectivity index (χ1n) is 7.58. The van der Waals surface area contributed by atoms with Gasteiger partial charge in [0.15, 0.2) is 0 Å². The van der Waals surface area contributed by atoms with Gasteiger partial charge in [0, 0.05) is 11.3 Å². The number of amides is 1. The zero-order chi connectivity index (χ0) is 17.8. The van der Waals surface area contributed by atoms with Crippen LogP contribution < -0.4 is 10.6 Å². The van der Waals surface area contributed by atoms with Gasteiger partial charge in [-0.15, -0.1) is 0 Å². The first-order valence-corrected chi connectivity index (χ1v) is 8.33. The maximum atomic E-state index is 12.2. The van der Waals surface area contributed by atoms with Gasteiger partial charge in [0.25, 0.3) is 5.91 Å². The number of anilines is 3. The molecule has 0 bridgehead atoms. The highest BCUT2D eigenvalue weighted by molar-refractivity contribution is 6.42. The van der Waals surface area contributed by atoms with Crippen molar-refractivity contribution in [2.45, 2.75) is 6.92 Å². The maximum Gasteiger partial charge on any atom is 0.255 e. The lowest BCUT2D eigenvalue weighted by Gasteiger charge is -2.10. The molecule has 3 rings (SSSR count). The Morgan fingerprint density at radius 2 is 1.80 bits per heavy atom. The van der Waals surface area contributed by atoms with E-state index in [0.29, 0.717) is 27.1 Å². The van der Waals surface area contributed by atoms with Crippen molar-refractivity contribution < 1.29 is 4.79 Å². The van der Waals surface area contributed by atoms with Crippen LogP contribution in [-0.4, -0.2) is 10.9 Å². The summed E-state index contributed by atoms with van der Waals surface area (Å²) in [6.45, 7) is 2.02. The number of nitrogens with zero attached hydrogens (tertiary/aromatic N) is 1. The van der Waals surface area contributed by atoms with Crippen molar-refractivity contribution in [2.75, 3.05) is 10.6 Å². The Balaban J connectivity index is 1.69. The summed E-state index contributed by atoms with van der Waals surface area (Å²) in [5.41, 5.74) is 3.13. The Morgan fingerprint density at radius 3 is 2.48 bits per heavy atom. The summed E-state index contributed by atoms with van der Waals surface area (Å²) < 4.78 is 0. The number of carbonyl (C=O) groups excluding carboxylic acids is 1. The molecule has 0 aliphatic heterocycles. The van der Waals surface area contributed by atoms with Crippen LogP contribution in [0.5, 0.6) is 0 Å². The van der Waals surface area contributed by atoms with Crippen LogP contribution in [0.15, 0.2) is 60.8 Å². The monoisotopic (exact) mass is 371 g/mol. The Hall–Kier alpha value is -2.56. The van der Waals surface area contributed by atoms with Crippen LogP contribution in [0.1, 0.15) is 15.9 Å². The molecule has 126 valence electrons.